The van der Waals surface area contributed by atoms with Crippen LogP contribution < -0.4 is 0 Å². The quantitative estimate of drug-likeness (QED) is 0.850. The minimum Gasteiger partial charge on any atom is -0.481 e. The minimum atomic E-state index is -0.895. The van der Waals surface area contributed by atoms with Crippen molar-refractivity contribution < 1.29 is 19.4 Å². The van der Waals surface area contributed by atoms with E-state index >= 15 is 0 Å². The maximum absolute atomic E-state index is 12.3. The van der Waals surface area contributed by atoms with Gasteiger partial charge >= 0.3 is 5.97 Å². The first kappa shape index (κ1) is 16.5. The van der Waals surface area contributed by atoms with Crippen molar-refractivity contribution in [2.24, 2.45) is 0 Å². The van der Waals surface area contributed by atoms with Gasteiger partial charge < -0.3 is 19.7 Å². The molecule has 1 aromatic carbocycles. The van der Waals surface area contributed by atoms with Gasteiger partial charge in [-0.15, -0.1) is 0 Å². The number of nitrogens with zero attached hydrogens (tertiary/aromatic N) is 1. The molecule has 2 N–H and O–H groups in total. The minimum absolute atomic E-state index is 0.0564. The lowest BCUT2D eigenvalue weighted by Crippen LogP contribution is -2.46. The third-order valence-corrected chi connectivity index (χ3v) is 4.41. The van der Waals surface area contributed by atoms with Gasteiger partial charge in [0.15, 0.2) is 0 Å². The van der Waals surface area contributed by atoms with Gasteiger partial charge in [-0.2, -0.15) is 0 Å². The van der Waals surface area contributed by atoms with Crippen molar-refractivity contribution in [3.63, 3.8) is 0 Å². The molecular weight excluding hydrogens is 308 g/mol. The summed E-state index contributed by atoms with van der Waals surface area (Å²) >= 11 is 0. The number of aromatic amines is 1. The molecule has 2 aromatic rings. The molecule has 1 aliphatic rings. The van der Waals surface area contributed by atoms with Gasteiger partial charge in [0.25, 0.3) is 0 Å². The lowest BCUT2D eigenvalue weighted by atomic mass is 10.1. The van der Waals surface area contributed by atoms with Gasteiger partial charge in [-0.05, 0) is 24.5 Å². The molecule has 128 valence electrons. The summed E-state index contributed by atoms with van der Waals surface area (Å²) in [6, 6.07) is 8.14. The first-order valence-electron chi connectivity index (χ1n) is 8.29. The number of amides is 1. The van der Waals surface area contributed by atoms with Gasteiger partial charge in [0.2, 0.25) is 5.91 Å². The first-order chi connectivity index (χ1) is 11.6. The van der Waals surface area contributed by atoms with E-state index in [2.05, 4.69) is 11.1 Å². The summed E-state index contributed by atoms with van der Waals surface area (Å²) in [5, 5.41) is 10.0. The molecule has 0 bridgehead atoms. The average Bonchev–Trinajstić information content (AvgIpc) is 2.98. The first-order valence-corrected chi connectivity index (χ1v) is 8.29. The largest absolute Gasteiger partial charge is 0.481 e. The zero-order valence-electron chi connectivity index (χ0n) is 13.5. The second-order valence-electron chi connectivity index (χ2n) is 6.14. The second-order valence-corrected chi connectivity index (χ2v) is 6.14. The number of nitrogens with one attached hydrogen (secondary N) is 1. The summed E-state index contributed by atoms with van der Waals surface area (Å²) in [6.45, 7) is 1.33. The van der Waals surface area contributed by atoms with Crippen molar-refractivity contribution in [2.45, 2.75) is 31.8 Å². The molecule has 1 aliphatic heterocycles. The molecule has 1 aromatic heterocycles. The van der Waals surface area contributed by atoms with Crippen LogP contribution in [0, 0.1) is 0 Å². The molecule has 24 heavy (non-hydrogen) atoms. The van der Waals surface area contributed by atoms with Crippen molar-refractivity contribution >= 4 is 22.8 Å². The topological polar surface area (TPSA) is 82.6 Å². The number of para-hydroxylation sites is 1. The number of carboxylic acid groups (broad SMARTS) is 1. The Kier molecular flexibility index (Phi) is 5.15. The summed E-state index contributed by atoms with van der Waals surface area (Å²) in [4.78, 5) is 28.1. The van der Waals surface area contributed by atoms with Gasteiger partial charge in [0.1, 0.15) is 0 Å². The zero-order chi connectivity index (χ0) is 16.9. The monoisotopic (exact) mass is 330 g/mol. The highest BCUT2D eigenvalue weighted by atomic mass is 16.5. The van der Waals surface area contributed by atoms with Crippen molar-refractivity contribution in [1.82, 2.24) is 9.88 Å². The number of H-pyrrole nitrogens is 1. The summed E-state index contributed by atoms with van der Waals surface area (Å²) in [5.41, 5.74) is 2.34. The van der Waals surface area contributed by atoms with Gasteiger partial charge in [0.05, 0.1) is 19.1 Å². The van der Waals surface area contributed by atoms with Crippen LogP contribution in [0.1, 0.15) is 24.8 Å². The standard InChI is InChI=1S/C18H22N2O4/c21-17(20-8-9-24-14(12-20)10-18(22)23)7-3-4-13-11-19-16-6-2-1-5-15(13)16/h1-2,5-6,11,14,19H,3-4,7-10,12H2,(H,22,23). The molecule has 0 saturated carbocycles. The fourth-order valence-corrected chi connectivity index (χ4v) is 3.19. The third-order valence-electron chi connectivity index (χ3n) is 4.41. The number of ether oxygens (including phenoxy) is 1. The van der Waals surface area contributed by atoms with Gasteiger partial charge in [-0.25, -0.2) is 0 Å². The molecule has 1 unspecified atom stereocenters. The Morgan fingerprint density at radius 1 is 1.33 bits per heavy atom. The second kappa shape index (κ2) is 7.49. The van der Waals surface area contributed by atoms with E-state index in [1.807, 2.05) is 24.4 Å². The van der Waals surface area contributed by atoms with E-state index in [-0.39, 0.29) is 12.3 Å². The maximum Gasteiger partial charge on any atom is 0.306 e. The SMILES string of the molecule is O=C(O)CC1CN(C(=O)CCCc2c[nH]c3ccccc23)CCO1. The molecular formula is C18H22N2O4. The van der Waals surface area contributed by atoms with E-state index < -0.39 is 12.1 Å². The molecule has 6 nitrogen and oxygen atoms in total. The Morgan fingerprint density at radius 3 is 3.00 bits per heavy atom. The number of morpholine rings is 1. The molecule has 1 saturated heterocycles. The van der Waals surface area contributed by atoms with Crippen molar-refractivity contribution in [3.05, 3.63) is 36.0 Å². The fourth-order valence-electron chi connectivity index (χ4n) is 3.19. The molecule has 0 radical (unpaired) electrons. The number of carboxylic acids is 1. The summed E-state index contributed by atoms with van der Waals surface area (Å²) in [5.74, 6) is -0.817. The smallest absolute Gasteiger partial charge is 0.306 e. The summed E-state index contributed by atoms with van der Waals surface area (Å²) in [6.07, 6.45) is 3.65. The number of carbonyl (C=O) groups excluding carboxylic acids is 1. The Hall–Kier alpha value is -2.34. The van der Waals surface area contributed by atoms with Crippen molar-refractivity contribution in [3.8, 4) is 0 Å². The number of rotatable bonds is 6. The van der Waals surface area contributed by atoms with Gasteiger partial charge in [-0.1, -0.05) is 18.2 Å². The molecule has 0 aliphatic carbocycles. The summed E-state index contributed by atoms with van der Waals surface area (Å²) in [7, 11) is 0. The van der Waals surface area contributed by atoms with Crippen molar-refractivity contribution in [1.29, 1.82) is 0 Å². The van der Waals surface area contributed by atoms with Crippen LogP contribution in [-0.4, -0.2) is 52.7 Å². The number of aliphatic carboxylic acids is 1. The number of hydrogen-bond acceptors (Lipinski definition) is 3. The number of hydrogen-bond donors (Lipinski definition) is 2. The fraction of sp³-hybridized carbons (Fsp3) is 0.444. The van der Waals surface area contributed by atoms with Crippen LogP contribution in [0.4, 0.5) is 0 Å². The Labute approximate surface area is 140 Å². The number of fused-ring (bicyclic) bond motifs is 1. The number of aromatic nitrogens is 1. The average molecular weight is 330 g/mol. The van der Waals surface area contributed by atoms with E-state index in [0.29, 0.717) is 26.1 Å². The van der Waals surface area contributed by atoms with Crippen LogP contribution in [-0.2, 0) is 20.7 Å². The molecule has 6 heteroatoms. The van der Waals surface area contributed by atoms with Crippen molar-refractivity contribution in [2.75, 3.05) is 19.7 Å². The highest BCUT2D eigenvalue weighted by Gasteiger charge is 2.25. The predicted octanol–water partition coefficient (Wildman–Crippen LogP) is 2.19. The molecule has 1 amide bonds. The van der Waals surface area contributed by atoms with Crippen LogP contribution in [0.15, 0.2) is 30.5 Å². The van der Waals surface area contributed by atoms with E-state index in [4.69, 9.17) is 9.84 Å². The number of benzene rings is 1. The number of aryl methyl sites for hydroxylation is 1. The van der Waals surface area contributed by atoms with Crippen LogP contribution >= 0.6 is 0 Å². The predicted molar refractivity (Wildman–Crippen MR) is 89.8 cm³/mol. The highest BCUT2D eigenvalue weighted by molar-refractivity contribution is 5.83. The molecule has 1 atom stereocenters. The molecule has 1 fully saturated rings. The van der Waals surface area contributed by atoms with Gasteiger partial charge in [-0.3, -0.25) is 9.59 Å². The molecule has 3 rings (SSSR count). The third kappa shape index (κ3) is 3.94. The van der Waals surface area contributed by atoms with E-state index in [1.54, 1.807) is 4.90 Å². The lowest BCUT2D eigenvalue weighted by molar-refractivity contribution is -0.147. The Balaban J connectivity index is 1.49. The van der Waals surface area contributed by atoms with E-state index in [0.717, 1.165) is 18.4 Å². The zero-order valence-corrected chi connectivity index (χ0v) is 13.5. The molecule has 0 spiro atoms. The summed E-state index contributed by atoms with van der Waals surface area (Å²) < 4.78 is 5.40. The Morgan fingerprint density at radius 2 is 2.17 bits per heavy atom. The Bertz CT molecular complexity index is 725. The van der Waals surface area contributed by atoms with Crippen LogP contribution in [0.3, 0.4) is 0 Å². The maximum atomic E-state index is 12.3. The normalized spacial score (nSPS) is 18.0. The highest BCUT2D eigenvalue weighted by Crippen LogP contribution is 2.20. The van der Waals surface area contributed by atoms with Crippen LogP contribution in [0.25, 0.3) is 10.9 Å². The number of carbonyl (C=O) groups is 2. The van der Waals surface area contributed by atoms with Crippen LogP contribution in [0.2, 0.25) is 0 Å². The van der Waals surface area contributed by atoms with Crippen LogP contribution in [0.5, 0.6) is 0 Å². The van der Waals surface area contributed by atoms with E-state index in [9.17, 15) is 9.59 Å². The van der Waals surface area contributed by atoms with Gasteiger partial charge in [0, 0.05) is 36.6 Å². The lowest BCUT2D eigenvalue weighted by Gasteiger charge is -2.32. The van der Waals surface area contributed by atoms with E-state index in [1.165, 1.54) is 10.9 Å². The molecule has 2 heterocycles.